The maximum absolute atomic E-state index is 11.5. The van der Waals surface area contributed by atoms with Crippen LogP contribution in [0.3, 0.4) is 0 Å². The third-order valence-electron chi connectivity index (χ3n) is 2.54. The summed E-state index contributed by atoms with van der Waals surface area (Å²) in [6, 6.07) is -0.415. The fraction of sp³-hybridized carbons (Fsp3) is 0.800. The fourth-order valence-corrected chi connectivity index (χ4v) is 1.66. The molecule has 0 aromatic carbocycles. The number of hydrogen-bond acceptors (Lipinski definition) is 3. The Labute approximate surface area is 90.0 Å². The van der Waals surface area contributed by atoms with Crippen molar-refractivity contribution in [1.29, 1.82) is 0 Å². The van der Waals surface area contributed by atoms with Crippen molar-refractivity contribution in [3.63, 3.8) is 0 Å². The number of nitrogens with two attached hydrogens (primary N) is 1. The highest BCUT2D eigenvalue weighted by atomic mass is 16.2. The molecule has 0 aromatic rings. The Morgan fingerprint density at radius 3 is 2.53 bits per heavy atom. The van der Waals surface area contributed by atoms with E-state index in [-0.39, 0.29) is 23.9 Å². The Kier molecular flexibility index (Phi) is 3.68. The SMILES string of the molecule is CC(C)N1CC(NC(=O)[C@H](C)N)CC1=O. The first kappa shape index (κ1) is 12.0. The van der Waals surface area contributed by atoms with Crippen LogP contribution in [0.5, 0.6) is 0 Å². The summed E-state index contributed by atoms with van der Waals surface area (Å²) >= 11 is 0. The van der Waals surface area contributed by atoms with Crippen molar-refractivity contribution in [3.8, 4) is 0 Å². The van der Waals surface area contributed by atoms with Crippen molar-refractivity contribution in [2.24, 2.45) is 5.73 Å². The molecular formula is C10H19N3O2. The molecule has 1 aliphatic rings. The minimum atomic E-state index is -0.520. The lowest BCUT2D eigenvalue weighted by atomic mass is 10.2. The summed E-state index contributed by atoms with van der Waals surface area (Å²) < 4.78 is 0. The van der Waals surface area contributed by atoms with Crippen LogP contribution in [0, 0.1) is 0 Å². The second-order valence-electron chi connectivity index (χ2n) is 4.34. The Balaban J connectivity index is 2.48. The van der Waals surface area contributed by atoms with E-state index in [0.29, 0.717) is 13.0 Å². The van der Waals surface area contributed by atoms with E-state index in [2.05, 4.69) is 5.32 Å². The number of rotatable bonds is 3. The summed E-state index contributed by atoms with van der Waals surface area (Å²) in [6.07, 6.45) is 0.386. The molecule has 1 aliphatic heterocycles. The zero-order valence-corrected chi connectivity index (χ0v) is 9.49. The van der Waals surface area contributed by atoms with Gasteiger partial charge >= 0.3 is 0 Å². The van der Waals surface area contributed by atoms with E-state index in [1.807, 2.05) is 13.8 Å². The average molecular weight is 213 g/mol. The van der Waals surface area contributed by atoms with Gasteiger partial charge in [-0.25, -0.2) is 0 Å². The van der Waals surface area contributed by atoms with Gasteiger partial charge in [0.1, 0.15) is 0 Å². The first-order valence-corrected chi connectivity index (χ1v) is 5.27. The van der Waals surface area contributed by atoms with Crippen LogP contribution in [0.2, 0.25) is 0 Å². The molecule has 3 N–H and O–H groups in total. The Morgan fingerprint density at radius 1 is 1.53 bits per heavy atom. The molecule has 0 spiro atoms. The van der Waals surface area contributed by atoms with E-state index in [9.17, 15) is 9.59 Å². The van der Waals surface area contributed by atoms with Crippen LogP contribution in [0.4, 0.5) is 0 Å². The molecule has 1 unspecified atom stereocenters. The number of hydrogen-bond donors (Lipinski definition) is 2. The van der Waals surface area contributed by atoms with Gasteiger partial charge < -0.3 is 16.0 Å². The van der Waals surface area contributed by atoms with Crippen molar-refractivity contribution in [2.45, 2.75) is 45.3 Å². The van der Waals surface area contributed by atoms with Crippen LogP contribution in [0.25, 0.3) is 0 Å². The van der Waals surface area contributed by atoms with Crippen molar-refractivity contribution in [1.82, 2.24) is 10.2 Å². The van der Waals surface area contributed by atoms with Crippen LogP contribution in [0.15, 0.2) is 0 Å². The highest BCUT2D eigenvalue weighted by molar-refractivity contribution is 5.84. The molecule has 15 heavy (non-hydrogen) atoms. The predicted molar refractivity (Wildman–Crippen MR) is 57.0 cm³/mol. The predicted octanol–water partition coefficient (Wildman–Crippen LogP) is -0.541. The molecule has 0 radical (unpaired) electrons. The number of likely N-dealkylation sites (tertiary alicyclic amines) is 1. The highest BCUT2D eigenvalue weighted by Gasteiger charge is 2.32. The smallest absolute Gasteiger partial charge is 0.236 e. The minimum absolute atomic E-state index is 0.0848. The maximum Gasteiger partial charge on any atom is 0.236 e. The van der Waals surface area contributed by atoms with Gasteiger partial charge in [0.15, 0.2) is 0 Å². The van der Waals surface area contributed by atoms with Gasteiger partial charge in [0, 0.05) is 19.0 Å². The Bertz CT molecular complexity index is 263. The lowest BCUT2D eigenvalue weighted by Crippen LogP contribution is -2.45. The van der Waals surface area contributed by atoms with Crippen molar-refractivity contribution in [2.75, 3.05) is 6.54 Å². The van der Waals surface area contributed by atoms with E-state index in [1.165, 1.54) is 0 Å². The first-order chi connectivity index (χ1) is 6.91. The Morgan fingerprint density at radius 2 is 2.13 bits per heavy atom. The molecule has 0 aromatic heterocycles. The van der Waals surface area contributed by atoms with Crippen molar-refractivity contribution in [3.05, 3.63) is 0 Å². The number of carbonyl (C=O) groups is 2. The van der Waals surface area contributed by atoms with E-state index < -0.39 is 6.04 Å². The maximum atomic E-state index is 11.5. The number of amides is 2. The summed E-state index contributed by atoms with van der Waals surface area (Å²) in [5.74, 6) is -0.0987. The molecule has 1 saturated heterocycles. The standard InChI is InChI=1S/C10H19N3O2/c1-6(2)13-5-8(4-9(13)14)12-10(15)7(3)11/h6-8H,4-5,11H2,1-3H3,(H,12,15)/t7-,8?/m0/s1. The van der Waals surface area contributed by atoms with Crippen LogP contribution >= 0.6 is 0 Å². The van der Waals surface area contributed by atoms with Gasteiger partial charge in [-0.05, 0) is 20.8 Å². The molecule has 0 bridgehead atoms. The number of nitrogens with one attached hydrogen (secondary N) is 1. The summed E-state index contributed by atoms with van der Waals surface area (Å²) in [4.78, 5) is 24.6. The molecule has 1 heterocycles. The highest BCUT2D eigenvalue weighted by Crippen LogP contribution is 2.14. The molecule has 2 amide bonds. The van der Waals surface area contributed by atoms with Gasteiger partial charge in [-0.3, -0.25) is 9.59 Å². The van der Waals surface area contributed by atoms with Crippen LogP contribution in [-0.2, 0) is 9.59 Å². The minimum Gasteiger partial charge on any atom is -0.350 e. The quantitative estimate of drug-likeness (QED) is 0.661. The van der Waals surface area contributed by atoms with Crippen LogP contribution in [-0.4, -0.2) is 41.4 Å². The van der Waals surface area contributed by atoms with Gasteiger partial charge in [-0.15, -0.1) is 0 Å². The molecule has 1 fully saturated rings. The second-order valence-corrected chi connectivity index (χ2v) is 4.34. The van der Waals surface area contributed by atoms with Gasteiger partial charge in [0.2, 0.25) is 11.8 Å². The zero-order valence-electron chi connectivity index (χ0n) is 9.49. The lowest BCUT2D eigenvalue weighted by Gasteiger charge is -2.21. The number of nitrogens with zero attached hydrogens (tertiary/aromatic N) is 1. The largest absolute Gasteiger partial charge is 0.350 e. The molecule has 5 heteroatoms. The number of carbonyl (C=O) groups excluding carboxylic acids is 2. The summed E-state index contributed by atoms with van der Waals surface area (Å²) in [5.41, 5.74) is 5.43. The topological polar surface area (TPSA) is 75.4 Å². The van der Waals surface area contributed by atoms with Crippen LogP contribution in [0.1, 0.15) is 27.2 Å². The summed E-state index contributed by atoms with van der Waals surface area (Å²) in [7, 11) is 0. The molecular weight excluding hydrogens is 194 g/mol. The second kappa shape index (κ2) is 4.61. The van der Waals surface area contributed by atoms with Gasteiger partial charge in [-0.1, -0.05) is 0 Å². The van der Waals surface area contributed by atoms with Crippen LogP contribution < -0.4 is 11.1 Å². The van der Waals surface area contributed by atoms with Gasteiger partial charge in [0.25, 0.3) is 0 Å². The van der Waals surface area contributed by atoms with E-state index in [0.717, 1.165) is 0 Å². The van der Waals surface area contributed by atoms with Gasteiger partial charge in [-0.2, -0.15) is 0 Å². The summed E-state index contributed by atoms with van der Waals surface area (Å²) in [5, 5.41) is 2.77. The van der Waals surface area contributed by atoms with E-state index in [1.54, 1.807) is 11.8 Å². The van der Waals surface area contributed by atoms with E-state index >= 15 is 0 Å². The Hall–Kier alpha value is -1.10. The molecule has 2 atom stereocenters. The van der Waals surface area contributed by atoms with E-state index in [4.69, 9.17) is 5.73 Å². The third-order valence-corrected chi connectivity index (χ3v) is 2.54. The third kappa shape index (κ3) is 2.92. The molecule has 0 aliphatic carbocycles. The summed E-state index contributed by atoms with van der Waals surface area (Å²) in [6.45, 7) is 6.16. The monoisotopic (exact) mass is 213 g/mol. The normalized spacial score (nSPS) is 23.4. The fourth-order valence-electron chi connectivity index (χ4n) is 1.66. The molecule has 0 saturated carbocycles. The average Bonchev–Trinajstić information content (AvgIpc) is 2.46. The molecule has 1 rings (SSSR count). The molecule has 5 nitrogen and oxygen atoms in total. The van der Waals surface area contributed by atoms with Gasteiger partial charge in [0.05, 0.1) is 12.1 Å². The first-order valence-electron chi connectivity index (χ1n) is 5.27. The lowest BCUT2D eigenvalue weighted by molar-refractivity contribution is -0.129. The van der Waals surface area contributed by atoms with Crippen molar-refractivity contribution < 1.29 is 9.59 Å². The van der Waals surface area contributed by atoms with Crippen molar-refractivity contribution >= 4 is 11.8 Å². The zero-order chi connectivity index (χ0) is 11.6. The molecule has 86 valence electrons.